The van der Waals surface area contributed by atoms with Crippen LogP contribution in [0.5, 0.6) is 0 Å². The summed E-state index contributed by atoms with van der Waals surface area (Å²) in [5.41, 5.74) is 6.87. The molecule has 0 spiro atoms. The minimum Gasteiger partial charge on any atom is -0.256 e. The molecule has 0 fully saturated rings. The summed E-state index contributed by atoms with van der Waals surface area (Å²) < 4.78 is 0. The van der Waals surface area contributed by atoms with Crippen molar-refractivity contribution in [1.29, 1.82) is 0 Å². The van der Waals surface area contributed by atoms with Crippen LogP contribution in [0.4, 0.5) is 0 Å². The molecule has 2 atom stereocenters. The van der Waals surface area contributed by atoms with Gasteiger partial charge in [0.2, 0.25) is 0 Å². The van der Waals surface area contributed by atoms with Crippen molar-refractivity contribution in [3.05, 3.63) is 102 Å². The van der Waals surface area contributed by atoms with Gasteiger partial charge >= 0.3 is 0 Å². The molecular formula is C24H18N2. The van der Waals surface area contributed by atoms with Crippen LogP contribution in [-0.4, -0.2) is 9.97 Å². The van der Waals surface area contributed by atoms with Crippen LogP contribution in [-0.2, 0) is 0 Å². The van der Waals surface area contributed by atoms with Crippen LogP contribution < -0.4 is 0 Å². The van der Waals surface area contributed by atoms with E-state index in [1.165, 1.54) is 11.1 Å². The fourth-order valence-electron chi connectivity index (χ4n) is 3.79. The molecule has 5 rings (SSSR count). The molecule has 0 radical (unpaired) electrons. The van der Waals surface area contributed by atoms with E-state index < -0.39 is 0 Å². The molecule has 2 aliphatic rings. The predicted molar refractivity (Wildman–Crippen MR) is 106 cm³/mol. The van der Waals surface area contributed by atoms with Crippen molar-refractivity contribution in [2.45, 2.75) is 5.92 Å². The van der Waals surface area contributed by atoms with E-state index in [0.29, 0.717) is 11.8 Å². The van der Waals surface area contributed by atoms with Gasteiger partial charge in [-0.15, -0.1) is 0 Å². The Kier molecular flexibility index (Phi) is 3.60. The van der Waals surface area contributed by atoms with Gasteiger partial charge < -0.3 is 0 Å². The van der Waals surface area contributed by atoms with E-state index in [-0.39, 0.29) is 0 Å². The molecule has 2 heteroatoms. The zero-order valence-corrected chi connectivity index (χ0v) is 14.3. The Morgan fingerprint density at radius 2 is 1.58 bits per heavy atom. The van der Waals surface area contributed by atoms with Crippen molar-refractivity contribution < 1.29 is 0 Å². The normalized spacial score (nSPS) is 19.8. The van der Waals surface area contributed by atoms with Crippen LogP contribution in [0.15, 0.2) is 91.3 Å². The van der Waals surface area contributed by atoms with Gasteiger partial charge in [-0.25, -0.2) is 0 Å². The van der Waals surface area contributed by atoms with Gasteiger partial charge in [0.15, 0.2) is 0 Å². The standard InChI is InChI=1S/C24H18N2/c1-2-6-21-17(5-1)8-9-18-10-11-19(15-22(18)21)24-16-20(12-14-26-24)23-7-3-4-13-25-23/h1-17,21H. The summed E-state index contributed by atoms with van der Waals surface area (Å²) in [5.74, 6) is 0.870. The molecule has 2 aliphatic carbocycles. The Bertz CT molecular complexity index is 1040. The maximum Gasteiger partial charge on any atom is 0.0708 e. The highest BCUT2D eigenvalue weighted by Gasteiger charge is 2.24. The molecule has 124 valence electrons. The Labute approximate surface area is 153 Å². The summed E-state index contributed by atoms with van der Waals surface area (Å²) in [5, 5.41) is 0. The minimum absolute atomic E-state index is 0.416. The molecule has 1 aromatic carbocycles. The number of fused-ring (bicyclic) bond motifs is 3. The third kappa shape index (κ3) is 2.60. The largest absolute Gasteiger partial charge is 0.256 e. The molecule has 2 unspecified atom stereocenters. The number of nitrogens with zero attached hydrogens (tertiary/aromatic N) is 2. The molecule has 3 aromatic rings. The van der Waals surface area contributed by atoms with Crippen LogP contribution in [0, 0.1) is 5.92 Å². The average molecular weight is 334 g/mol. The lowest BCUT2D eigenvalue weighted by Crippen LogP contribution is -2.13. The third-order valence-corrected chi connectivity index (χ3v) is 5.14. The first-order valence-corrected chi connectivity index (χ1v) is 8.93. The van der Waals surface area contributed by atoms with Crippen LogP contribution in [0.2, 0.25) is 0 Å². The van der Waals surface area contributed by atoms with Gasteiger partial charge in [0.25, 0.3) is 0 Å². The molecule has 2 aromatic heterocycles. The quantitative estimate of drug-likeness (QED) is 0.604. The fraction of sp³-hybridized carbons (Fsp3) is 0.0833. The highest BCUT2D eigenvalue weighted by atomic mass is 14.7. The van der Waals surface area contributed by atoms with Gasteiger partial charge in [0, 0.05) is 35.4 Å². The average Bonchev–Trinajstić information content (AvgIpc) is 2.74. The molecule has 0 bridgehead atoms. The van der Waals surface area contributed by atoms with Gasteiger partial charge in [-0.3, -0.25) is 9.97 Å². The number of pyridine rings is 2. The Morgan fingerprint density at radius 1 is 0.692 bits per heavy atom. The smallest absolute Gasteiger partial charge is 0.0708 e. The number of rotatable bonds is 2. The molecule has 2 heterocycles. The van der Waals surface area contributed by atoms with E-state index in [1.807, 2.05) is 36.7 Å². The van der Waals surface area contributed by atoms with Crippen molar-refractivity contribution in [2.24, 2.45) is 5.92 Å². The van der Waals surface area contributed by atoms with E-state index in [9.17, 15) is 0 Å². The predicted octanol–water partition coefficient (Wildman–Crippen LogP) is 5.66. The van der Waals surface area contributed by atoms with Gasteiger partial charge in [-0.1, -0.05) is 54.7 Å². The Balaban J connectivity index is 1.57. The molecule has 0 amide bonds. The Hall–Kier alpha value is -3.26. The van der Waals surface area contributed by atoms with Gasteiger partial charge in [0.05, 0.1) is 11.4 Å². The van der Waals surface area contributed by atoms with E-state index in [2.05, 4.69) is 70.7 Å². The van der Waals surface area contributed by atoms with E-state index in [1.54, 1.807) is 0 Å². The lowest BCUT2D eigenvalue weighted by molar-refractivity contribution is 0.692. The summed E-state index contributed by atoms with van der Waals surface area (Å²) in [6.07, 6.45) is 17.1. The minimum atomic E-state index is 0.416. The maximum atomic E-state index is 4.61. The zero-order chi connectivity index (χ0) is 17.3. The lowest BCUT2D eigenvalue weighted by Gasteiger charge is -2.27. The van der Waals surface area contributed by atoms with Gasteiger partial charge in [0.1, 0.15) is 0 Å². The monoisotopic (exact) mass is 334 g/mol. The first-order chi connectivity index (χ1) is 12.9. The van der Waals surface area contributed by atoms with Crippen molar-refractivity contribution in [3.63, 3.8) is 0 Å². The SMILES string of the molecule is C1=CC2C=Cc3ccc(-c4cc(-c5ccccn5)ccn4)cc3C2C=C1. The van der Waals surface area contributed by atoms with Crippen molar-refractivity contribution in [3.8, 4) is 22.5 Å². The van der Waals surface area contributed by atoms with Gasteiger partial charge in [-0.2, -0.15) is 0 Å². The second-order valence-electron chi connectivity index (χ2n) is 6.72. The maximum absolute atomic E-state index is 4.61. The second-order valence-corrected chi connectivity index (χ2v) is 6.72. The molecule has 2 nitrogen and oxygen atoms in total. The van der Waals surface area contributed by atoms with Crippen molar-refractivity contribution >= 4 is 6.08 Å². The van der Waals surface area contributed by atoms with Crippen LogP contribution >= 0.6 is 0 Å². The topological polar surface area (TPSA) is 25.8 Å². The molecule has 0 saturated heterocycles. The third-order valence-electron chi connectivity index (χ3n) is 5.14. The summed E-state index contributed by atoms with van der Waals surface area (Å²) >= 11 is 0. The van der Waals surface area contributed by atoms with E-state index in [0.717, 1.165) is 22.5 Å². The number of allylic oxidation sites excluding steroid dienone is 5. The van der Waals surface area contributed by atoms with Crippen LogP contribution in [0.3, 0.4) is 0 Å². The van der Waals surface area contributed by atoms with Crippen LogP contribution in [0.1, 0.15) is 17.0 Å². The summed E-state index contributed by atoms with van der Waals surface area (Å²) in [6, 6.07) is 16.8. The molecule has 26 heavy (non-hydrogen) atoms. The fourth-order valence-corrected chi connectivity index (χ4v) is 3.79. The zero-order valence-electron chi connectivity index (χ0n) is 14.3. The van der Waals surface area contributed by atoms with Crippen molar-refractivity contribution in [1.82, 2.24) is 9.97 Å². The van der Waals surface area contributed by atoms with Crippen LogP contribution in [0.25, 0.3) is 28.6 Å². The van der Waals surface area contributed by atoms with Crippen molar-refractivity contribution in [2.75, 3.05) is 0 Å². The molecular weight excluding hydrogens is 316 g/mol. The van der Waals surface area contributed by atoms with Gasteiger partial charge in [-0.05, 0) is 41.5 Å². The highest BCUT2D eigenvalue weighted by Crippen LogP contribution is 2.39. The number of benzene rings is 1. The first-order valence-electron chi connectivity index (χ1n) is 8.93. The number of aromatic nitrogens is 2. The lowest BCUT2D eigenvalue weighted by atomic mass is 9.76. The second kappa shape index (κ2) is 6.23. The van der Waals surface area contributed by atoms with E-state index >= 15 is 0 Å². The number of hydrogen-bond acceptors (Lipinski definition) is 2. The Morgan fingerprint density at radius 3 is 2.50 bits per heavy atom. The summed E-state index contributed by atoms with van der Waals surface area (Å²) in [4.78, 5) is 9.06. The summed E-state index contributed by atoms with van der Waals surface area (Å²) in [7, 11) is 0. The molecule has 0 aliphatic heterocycles. The highest BCUT2D eigenvalue weighted by molar-refractivity contribution is 5.72. The van der Waals surface area contributed by atoms with E-state index in [4.69, 9.17) is 0 Å². The first kappa shape index (κ1) is 15.0. The molecule has 0 N–H and O–H groups in total. The summed E-state index contributed by atoms with van der Waals surface area (Å²) in [6.45, 7) is 0. The molecule has 0 saturated carbocycles. The number of hydrogen-bond donors (Lipinski definition) is 0.